The zero-order valence-corrected chi connectivity index (χ0v) is 11.0. The molecule has 1 aliphatic heterocycles. The molecule has 1 heterocycles. The number of benzene rings is 1. The van der Waals surface area contributed by atoms with Crippen molar-refractivity contribution in [3.63, 3.8) is 0 Å². The maximum atomic E-state index is 12.0. The van der Waals surface area contributed by atoms with E-state index in [0.29, 0.717) is 18.7 Å². The Morgan fingerprint density at radius 3 is 1.65 bits per heavy atom. The lowest BCUT2D eigenvalue weighted by Crippen LogP contribution is -2.16. The van der Waals surface area contributed by atoms with Crippen molar-refractivity contribution in [3.05, 3.63) is 35.4 Å². The van der Waals surface area contributed by atoms with Crippen LogP contribution in [0.2, 0.25) is 0 Å². The van der Waals surface area contributed by atoms with E-state index in [9.17, 15) is 39.5 Å². The predicted molar refractivity (Wildman–Crippen MR) is 58.2 cm³/mol. The van der Waals surface area contributed by atoms with Crippen molar-refractivity contribution in [1.82, 2.24) is 0 Å². The van der Waals surface area contributed by atoms with Crippen LogP contribution in [0.1, 0.15) is 11.1 Å². The van der Waals surface area contributed by atoms with Crippen molar-refractivity contribution in [2.45, 2.75) is 24.8 Å². The Bertz CT molecular complexity index is 471. The number of ether oxygens (including phenoxy) is 2. The van der Waals surface area contributed by atoms with Gasteiger partial charge in [-0.2, -0.15) is 26.3 Å². The lowest BCUT2D eigenvalue weighted by atomic mass is 10.1. The Morgan fingerprint density at radius 1 is 0.913 bits per heavy atom. The van der Waals surface area contributed by atoms with Gasteiger partial charge in [0.1, 0.15) is 6.10 Å². The minimum atomic E-state index is -4.75. The van der Waals surface area contributed by atoms with Crippen LogP contribution in [0.3, 0.4) is 0 Å². The highest BCUT2D eigenvalue weighted by atomic mass is 19.4. The summed E-state index contributed by atoms with van der Waals surface area (Å²) in [4.78, 5) is 0. The van der Waals surface area contributed by atoms with Gasteiger partial charge in [0.15, 0.2) is 0 Å². The summed E-state index contributed by atoms with van der Waals surface area (Å²) in [6.45, 7) is 0.0135. The molecule has 1 unspecified atom stereocenters. The van der Waals surface area contributed by atoms with E-state index in [2.05, 4.69) is 9.47 Å². The van der Waals surface area contributed by atoms with Crippen molar-refractivity contribution in [2.24, 2.45) is 0 Å². The largest absolute Gasteiger partial charge is 0.522 e. The van der Waals surface area contributed by atoms with Crippen LogP contribution in [0.4, 0.5) is 39.5 Å². The van der Waals surface area contributed by atoms with Crippen LogP contribution in [0.25, 0.3) is 0 Å². The number of hydrogen-bond donors (Lipinski definition) is 0. The normalized spacial score (nSPS) is 18.2. The fourth-order valence-electron chi connectivity index (χ4n) is 1.22. The highest BCUT2D eigenvalue weighted by Gasteiger charge is 2.36. The van der Waals surface area contributed by atoms with Crippen LogP contribution in [-0.4, -0.2) is 25.7 Å². The molecule has 1 aromatic rings. The summed E-state index contributed by atoms with van der Waals surface area (Å²) in [6.07, 6.45) is -14.3. The highest BCUT2D eigenvalue weighted by molar-refractivity contribution is 5.27. The lowest BCUT2D eigenvalue weighted by molar-refractivity contribution is -0.325. The molecule has 1 saturated heterocycles. The van der Waals surface area contributed by atoms with E-state index in [-0.39, 0.29) is 18.8 Å². The van der Waals surface area contributed by atoms with Gasteiger partial charge < -0.3 is 4.74 Å². The van der Waals surface area contributed by atoms with Gasteiger partial charge in [0, 0.05) is 0 Å². The molecule has 2 rings (SSSR count). The Morgan fingerprint density at radius 2 is 1.35 bits per heavy atom. The summed E-state index contributed by atoms with van der Waals surface area (Å²) in [5, 5.41) is 0. The Hall–Kier alpha value is -1.49. The average molecular weight is 356 g/mol. The van der Waals surface area contributed by atoms with E-state index in [1.807, 2.05) is 0 Å². The first-order valence-corrected chi connectivity index (χ1v) is 5.86. The number of halogens is 9. The Labute approximate surface area is 123 Å². The molecule has 0 spiro atoms. The van der Waals surface area contributed by atoms with E-state index in [4.69, 9.17) is 0 Å². The molecule has 11 heteroatoms. The summed E-state index contributed by atoms with van der Waals surface area (Å²) in [5.74, 6) is 0. The SMILES string of the molecule is FC(F)(F)OCC1CO1.FC(F)(F)c1cccc(C(F)(F)F)c1. The molecule has 0 radical (unpaired) electrons. The molecule has 23 heavy (non-hydrogen) atoms. The van der Waals surface area contributed by atoms with Crippen molar-refractivity contribution >= 4 is 0 Å². The molecule has 0 saturated carbocycles. The molecule has 0 aliphatic carbocycles. The molecule has 1 fully saturated rings. The summed E-state index contributed by atoms with van der Waals surface area (Å²) in [7, 11) is 0. The van der Waals surface area contributed by atoms with Crippen molar-refractivity contribution in [3.8, 4) is 0 Å². The third kappa shape index (κ3) is 8.07. The molecule has 1 aromatic carbocycles. The Balaban J connectivity index is 0.000000253. The first-order valence-electron chi connectivity index (χ1n) is 5.86. The van der Waals surface area contributed by atoms with Gasteiger partial charge in [0.05, 0.1) is 24.3 Å². The predicted octanol–water partition coefficient (Wildman–Crippen LogP) is 4.65. The summed E-state index contributed by atoms with van der Waals surface area (Å²) in [5.41, 5.74) is -2.60. The fourth-order valence-corrected chi connectivity index (χ4v) is 1.22. The smallest absolute Gasteiger partial charge is 0.371 e. The molecule has 0 amide bonds. The molecule has 0 aromatic heterocycles. The van der Waals surface area contributed by atoms with Gasteiger partial charge in [-0.05, 0) is 18.2 Å². The second-order valence-corrected chi connectivity index (χ2v) is 4.29. The highest BCUT2D eigenvalue weighted by Crippen LogP contribution is 2.34. The van der Waals surface area contributed by atoms with Gasteiger partial charge >= 0.3 is 18.7 Å². The third-order valence-electron chi connectivity index (χ3n) is 2.35. The van der Waals surface area contributed by atoms with E-state index in [1.54, 1.807) is 0 Å². The number of epoxide rings is 1. The van der Waals surface area contributed by atoms with E-state index < -0.39 is 29.8 Å². The van der Waals surface area contributed by atoms with E-state index in [1.165, 1.54) is 0 Å². The summed E-state index contributed by atoms with van der Waals surface area (Å²) >= 11 is 0. The maximum Gasteiger partial charge on any atom is 0.522 e. The van der Waals surface area contributed by atoms with Crippen LogP contribution < -0.4 is 0 Å². The van der Waals surface area contributed by atoms with Crippen LogP contribution in [0.15, 0.2) is 24.3 Å². The molecule has 0 bridgehead atoms. The summed E-state index contributed by atoms with van der Waals surface area (Å²) < 4.78 is 113. The third-order valence-corrected chi connectivity index (χ3v) is 2.35. The quantitative estimate of drug-likeness (QED) is 0.569. The zero-order valence-electron chi connectivity index (χ0n) is 11.0. The molecule has 2 nitrogen and oxygen atoms in total. The monoisotopic (exact) mass is 356 g/mol. The molecule has 0 N–H and O–H groups in total. The van der Waals surface area contributed by atoms with Gasteiger partial charge in [-0.15, -0.1) is 13.2 Å². The molecule has 1 aliphatic rings. The van der Waals surface area contributed by atoms with E-state index >= 15 is 0 Å². The Kier molecular flexibility index (Phi) is 5.91. The van der Waals surface area contributed by atoms with Crippen LogP contribution in [0, 0.1) is 0 Å². The fraction of sp³-hybridized carbons (Fsp3) is 0.500. The maximum absolute atomic E-state index is 12.0. The second kappa shape index (κ2) is 6.95. The number of hydrogen-bond acceptors (Lipinski definition) is 2. The lowest BCUT2D eigenvalue weighted by Gasteiger charge is -2.10. The zero-order chi connectivity index (χ0) is 17.9. The van der Waals surface area contributed by atoms with Crippen molar-refractivity contribution in [1.29, 1.82) is 0 Å². The van der Waals surface area contributed by atoms with Gasteiger partial charge in [-0.3, -0.25) is 4.74 Å². The van der Waals surface area contributed by atoms with Crippen LogP contribution in [-0.2, 0) is 21.8 Å². The van der Waals surface area contributed by atoms with Crippen molar-refractivity contribution in [2.75, 3.05) is 13.2 Å². The topological polar surface area (TPSA) is 21.8 Å². The standard InChI is InChI=1S/C8H4F6.C4H5F3O2/c9-7(10,11)5-2-1-3-6(4-5)8(12,13)14;5-4(6,7)9-2-3-1-8-3/h1-4H;3H,1-2H2. The number of rotatable bonds is 2. The van der Waals surface area contributed by atoms with Gasteiger partial charge in [-0.1, -0.05) is 6.07 Å². The average Bonchev–Trinajstić information content (AvgIpc) is 3.18. The van der Waals surface area contributed by atoms with Crippen molar-refractivity contribution < 1.29 is 49.0 Å². The minimum absolute atomic E-state index is 0.0833. The van der Waals surface area contributed by atoms with Gasteiger partial charge in [-0.25, -0.2) is 0 Å². The van der Waals surface area contributed by atoms with E-state index in [0.717, 1.165) is 6.07 Å². The van der Waals surface area contributed by atoms with Gasteiger partial charge in [0.2, 0.25) is 0 Å². The molecule has 1 atom stereocenters. The minimum Gasteiger partial charge on any atom is -0.371 e. The summed E-state index contributed by atoms with van der Waals surface area (Å²) in [6, 6.07) is 2.00. The van der Waals surface area contributed by atoms with Crippen LogP contribution in [0.5, 0.6) is 0 Å². The molecular formula is C12H9F9O2. The molecular weight excluding hydrogens is 347 g/mol. The van der Waals surface area contributed by atoms with Crippen LogP contribution >= 0.6 is 0 Å². The number of alkyl halides is 9. The van der Waals surface area contributed by atoms with Gasteiger partial charge in [0.25, 0.3) is 0 Å². The first-order chi connectivity index (χ1) is 10.3. The molecule has 132 valence electrons. The second-order valence-electron chi connectivity index (χ2n) is 4.29. The first kappa shape index (κ1) is 19.6.